The molecular weight excluding hydrogens is 342 g/mol. The van der Waals surface area contributed by atoms with Crippen molar-refractivity contribution >= 4 is 27.5 Å². The molecule has 0 fully saturated rings. The first kappa shape index (κ1) is 17.4. The molecule has 0 spiro atoms. The summed E-state index contributed by atoms with van der Waals surface area (Å²) in [6, 6.07) is 4.49. The minimum atomic E-state index is -1.13. The summed E-state index contributed by atoms with van der Waals surface area (Å²) in [5.41, 5.74) is 4.08. The van der Waals surface area contributed by atoms with Gasteiger partial charge in [0.15, 0.2) is 0 Å². The molecule has 1 aromatic rings. The molecule has 7 nitrogen and oxygen atoms in total. The Balaban J connectivity index is 3.01. The fourth-order valence-corrected chi connectivity index (χ4v) is 2.29. The molecule has 0 saturated carbocycles. The van der Waals surface area contributed by atoms with E-state index in [2.05, 4.69) is 21.2 Å². The van der Waals surface area contributed by atoms with Crippen molar-refractivity contribution in [3.8, 4) is 5.75 Å². The fourth-order valence-electron chi connectivity index (χ4n) is 1.82. The summed E-state index contributed by atoms with van der Waals surface area (Å²) < 4.78 is 5.94. The fraction of sp³-hybridized carbons (Fsp3) is 0.462. The van der Waals surface area contributed by atoms with Gasteiger partial charge in [0, 0.05) is 12.1 Å². The highest BCUT2D eigenvalue weighted by Gasteiger charge is 2.33. The number of halogens is 1. The highest BCUT2D eigenvalue weighted by atomic mass is 79.9. The Morgan fingerprint density at radius 3 is 2.67 bits per heavy atom. The zero-order chi connectivity index (χ0) is 16.2. The van der Waals surface area contributed by atoms with Gasteiger partial charge in [-0.3, -0.25) is 20.2 Å². The molecule has 3 N–H and O–H groups in total. The lowest BCUT2D eigenvalue weighted by molar-refractivity contribution is -0.386. The summed E-state index contributed by atoms with van der Waals surface area (Å²) in [5.74, 6) is -0.522. The smallest absolute Gasteiger partial charge is 0.312 e. The lowest BCUT2D eigenvalue weighted by Gasteiger charge is -2.29. The highest BCUT2D eigenvalue weighted by Crippen LogP contribution is 2.35. The average molecular weight is 360 g/mol. The van der Waals surface area contributed by atoms with Crippen molar-refractivity contribution < 1.29 is 14.5 Å². The molecule has 8 heteroatoms. The Kier molecular flexibility index (Phi) is 5.68. The van der Waals surface area contributed by atoms with E-state index in [1.54, 1.807) is 13.0 Å². The third-order valence-electron chi connectivity index (χ3n) is 2.80. The van der Waals surface area contributed by atoms with Gasteiger partial charge >= 0.3 is 5.69 Å². The number of benzene rings is 1. The number of nitro groups is 1. The first-order chi connectivity index (χ1) is 9.67. The van der Waals surface area contributed by atoms with Crippen LogP contribution in [-0.4, -0.2) is 29.0 Å². The maximum atomic E-state index is 11.6. The van der Waals surface area contributed by atoms with E-state index in [1.165, 1.54) is 12.1 Å². The summed E-state index contributed by atoms with van der Waals surface area (Å²) in [6.07, 6.45) is 0. The molecule has 21 heavy (non-hydrogen) atoms. The lowest BCUT2D eigenvalue weighted by atomic mass is 10.0. The van der Waals surface area contributed by atoms with Crippen LogP contribution < -0.4 is 15.8 Å². The molecule has 1 aromatic carbocycles. The number of para-hydroxylation sites is 1. The Hall–Kier alpha value is -1.67. The molecule has 0 aliphatic carbocycles. The number of ether oxygens (including phenoxy) is 1. The quantitative estimate of drug-likeness (QED) is 0.571. The van der Waals surface area contributed by atoms with Crippen LogP contribution in [0.4, 0.5) is 5.69 Å². The number of carbonyl (C=O) groups excluding carboxylic acids is 1. The van der Waals surface area contributed by atoms with Gasteiger partial charge in [-0.15, -0.1) is 0 Å². The van der Waals surface area contributed by atoms with Gasteiger partial charge in [-0.2, -0.15) is 0 Å². The van der Waals surface area contributed by atoms with E-state index < -0.39 is 16.4 Å². The minimum Gasteiger partial charge on any atom is -0.484 e. The molecule has 1 amide bonds. The molecule has 0 radical (unpaired) electrons. The Morgan fingerprint density at radius 1 is 1.57 bits per heavy atom. The van der Waals surface area contributed by atoms with E-state index in [0.29, 0.717) is 4.47 Å². The Bertz CT molecular complexity index is 550. The Labute approximate surface area is 131 Å². The molecule has 0 saturated heterocycles. The van der Waals surface area contributed by atoms with Crippen LogP contribution in [0.15, 0.2) is 22.7 Å². The van der Waals surface area contributed by atoms with Crippen LogP contribution in [0.2, 0.25) is 0 Å². The monoisotopic (exact) mass is 359 g/mol. The zero-order valence-electron chi connectivity index (χ0n) is 12.1. The number of nitrogens with zero attached hydrogens (tertiary/aromatic N) is 1. The number of amides is 1. The van der Waals surface area contributed by atoms with E-state index in [0.717, 1.165) is 0 Å². The summed E-state index contributed by atoms with van der Waals surface area (Å²) in [7, 11) is 0. The molecule has 0 aliphatic heterocycles. The van der Waals surface area contributed by atoms with Gasteiger partial charge < -0.3 is 10.5 Å². The van der Waals surface area contributed by atoms with E-state index >= 15 is 0 Å². The van der Waals surface area contributed by atoms with Gasteiger partial charge in [-0.25, -0.2) is 0 Å². The second-order valence-corrected chi connectivity index (χ2v) is 5.98. The molecule has 0 bridgehead atoms. The van der Waals surface area contributed by atoms with Crippen LogP contribution >= 0.6 is 15.9 Å². The number of nitrogens with one attached hydrogen (secondary N) is 1. The van der Waals surface area contributed by atoms with E-state index in [1.807, 2.05) is 13.8 Å². The first-order valence-electron chi connectivity index (χ1n) is 6.30. The second kappa shape index (κ2) is 6.86. The normalized spacial score (nSPS) is 13.8. The van der Waals surface area contributed by atoms with Crippen LogP contribution in [0.5, 0.6) is 5.75 Å². The summed E-state index contributed by atoms with van der Waals surface area (Å²) in [5, 5.41) is 14.0. The number of rotatable bonds is 7. The van der Waals surface area contributed by atoms with Gasteiger partial charge in [0.1, 0.15) is 12.1 Å². The molecule has 1 atom stereocenters. The highest BCUT2D eigenvalue weighted by molar-refractivity contribution is 9.10. The summed E-state index contributed by atoms with van der Waals surface area (Å²) >= 11 is 3.21. The number of carbonyl (C=O) groups is 1. The molecule has 0 aliphatic rings. The summed E-state index contributed by atoms with van der Waals surface area (Å²) in [4.78, 5) is 22.1. The molecular formula is C13H18BrN3O4. The van der Waals surface area contributed by atoms with Crippen LogP contribution in [-0.2, 0) is 4.79 Å². The predicted molar refractivity (Wildman–Crippen MR) is 82.2 cm³/mol. The SMILES string of the molecule is CC(C)NC(C)(COc1c(Br)cccc1[N+](=O)[O-])C(N)=O. The number of primary amides is 1. The number of nitrogens with two attached hydrogens (primary N) is 1. The summed E-state index contributed by atoms with van der Waals surface area (Å²) in [6.45, 7) is 5.20. The van der Waals surface area contributed by atoms with Gasteiger partial charge in [0.05, 0.1) is 9.40 Å². The van der Waals surface area contributed by atoms with E-state index in [4.69, 9.17) is 10.5 Å². The van der Waals surface area contributed by atoms with Crippen LogP contribution in [0.3, 0.4) is 0 Å². The van der Waals surface area contributed by atoms with Crippen molar-refractivity contribution in [2.75, 3.05) is 6.61 Å². The van der Waals surface area contributed by atoms with Crippen molar-refractivity contribution in [3.05, 3.63) is 32.8 Å². The van der Waals surface area contributed by atoms with E-state index in [9.17, 15) is 14.9 Å². The average Bonchev–Trinajstić information content (AvgIpc) is 2.35. The lowest BCUT2D eigenvalue weighted by Crippen LogP contribution is -2.59. The third-order valence-corrected chi connectivity index (χ3v) is 3.42. The molecule has 0 heterocycles. The van der Waals surface area contributed by atoms with Gasteiger partial charge in [-0.1, -0.05) is 6.07 Å². The zero-order valence-corrected chi connectivity index (χ0v) is 13.6. The van der Waals surface area contributed by atoms with Crippen LogP contribution in [0.1, 0.15) is 20.8 Å². The van der Waals surface area contributed by atoms with E-state index in [-0.39, 0.29) is 24.1 Å². The topological polar surface area (TPSA) is 107 Å². The number of nitro benzene ring substituents is 1. The molecule has 1 unspecified atom stereocenters. The number of hydrogen-bond acceptors (Lipinski definition) is 5. The van der Waals surface area contributed by atoms with Gasteiger partial charge in [0.25, 0.3) is 0 Å². The van der Waals surface area contributed by atoms with Crippen molar-refractivity contribution in [1.82, 2.24) is 5.32 Å². The Morgan fingerprint density at radius 2 is 2.19 bits per heavy atom. The third kappa shape index (κ3) is 4.40. The van der Waals surface area contributed by atoms with Crippen molar-refractivity contribution in [3.63, 3.8) is 0 Å². The van der Waals surface area contributed by atoms with Crippen molar-refractivity contribution in [1.29, 1.82) is 0 Å². The van der Waals surface area contributed by atoms with Crippen molar-refractivity contribution in [2.24, 2.45) is 5.73 Å². The maximum absolute atomic E-state index is 11.6. The van der Waals surface area contributed by atoms with Crippen LogP contribution in [0.25, 0.3) is 0 Å². The number of hydrogen-bond donors (Lipinski definition) is 2. The second-order valence-electron chi connectivity index (χ2n) is 5.13. The largest absolute Gasteiger partial charge is 0.484 e. The molecule has 0 aromatic heterocycles. The van der Waals surface area contributed by atoms with Gasteiger partial charge in [0.2, 0.25) is 11.7 Å². The van der Waals surface area contributed by atoms with Crippen LogP contribution in [0, 0.1) is 10.1 Å². The maximum Gasteiger partial charge on any atom is 0.312 e. The van der Waals surface area contributed by atoms with Crippen molar-refractivity contribution in [2.45, 2.75) is 32.4 Å². The molecule has 1 rings (SSSR count). The first-order valence-corrected chi connectivity index (χ1v) is 7.10. The minimum absolute atomic E-state index is 0.000278. The standard InChI is InChI=1S/C13H18BrN3O4/c1-8(2)16-13(3,12(15)18)7-21-11-9(14)5-4-6-10(11)17(19)20/h4-6,8,16H,7H2,1-3H3,(H2,15,18). The predicted octanol–water partition coefficient (Wildman–Crippen LogP) is 1.98. The molecule has 116 valence electrons. The van der Waals surface area contributed by atoms with Gasteiger partial charge in [-0.05, 0) is 42.8 Å².